The molecule has 1 aliphatic rings. The van der Waals surface area contributed by atoms with Gasteiger partial charge in [-0.05, 0) is 12.1 Å². The second-order valence-electron chi connectivity index (χ2n) is 4.37. The molecular weight excluding hydrogens is 246 g/mol. The highest BCUT2D eigenvalue weighted by Gasteiger charge is 2.15. The first-order chi connectivity index (χ1) is 9.20. The summed E-state index contributed by atoms with van der Waals surface area (Å²) in [5, 5.41) is 15.7. The number of phenolic OH excluding ortho intramolecular Hbond substituents is 1. The minimum Gasteiger partial charge on any atom is -0.504 e. The molecule has 2 rings (SSSR count). The highest BCUT2D eigenvalue weighted by molar-refractivity contribution is 5.81. The number of anilines is 1. The van der Waals surface area contributed by atoms with E-state index in [1.54, 1.807) is 12.1 Å². The van der Waals surface area contributed by atoms with Gasteiger partial charge in [0.2, 0.25) is 5.91 Å². The maximum atomic E-state index is 11.9. The van der Waals surface area contributed by atoms with E-state index in [1.165, 1.54) is 13.2 Å². The summed E-state index contributed by atoms with van der Waals surface area (Å²) in [6, 6.07) is 4.92. The molecule has 0 radical (unpaired) electrons. The van der Waals surface area contributed by atoms with E-state index in [-0.39, 0.29) is 18.2 Å². The summed E-state index contributed by atoms with van der Waals surface area (Å²) in [6.45, 7) is 3.43. The van der Waals surface area contributed by atoms with Crippen molar-refractivity contribution in [3.63, 3.8) is 0 Å². The van der Waals surface area contributed by atoms with E-state index in [4.69, 9.17) is 4.74 Å². The zero-order chi connectivity index (χ0) is 13.7. The molecule has 1 amide bonds. The van der Waals surface area contributed by atoms with E-state index in [0.717, 1.165) is 31.9 Å². The summed E-state index contributed by atoms with van der Waals surface area (Å²) in [5.41, 5.74) is 0.748. The SMILES string of the molecule is COc1cc(NCC(=O)N2CCNCC2)ccc1O. The molecule has 0 atom stereocenters. The normalized spacial score (nSPS) is 15.1. The number of hydrogen-bond donors (Lipinski definition) is 3. The summed E-state index contributed by atoms with van der Waals surface area (Å²) >= 11 is 0. The standard InChI is InChI=1S/C13H19N3O3/c1-19-12-8-10(2-3-11(12)17)15-9-13(18)16-6-4-14-5-7-16/h2-3,8,14-15,17H,4-7,9H2,1H3. The average Bonchev–Trinajstić information content (AvgIpc) is 2.47. The fraction of sp³-hybridized carbons (Fsp3) is 0.462. The van der Waals surface area contributed by atoms with Gasteiger partial charge < -0.3 is 25.4 Å². The third-order valence-corrected chi connectivity index (χ3v) is 3.09. The maximum Gasteiger partial charge on any atom is 0.241 e. The average molecular weight is 265 g/mol. The minimum absolute atomic E-state index is 0.0774. The molecule has 1 saturated heterocycles. The lowest BCUT2D eigenvalue weighted by Gasteiger charge is -2.27. The predicted octanol–water partition coefficient (Wildman–Crippen LogP) is 0.244. The van der Waals surface area contributed by atoms with E-state index in [9.17, 15) is 9.90 Å². The van der Waals surface area contributed by atoms with Crippen LogP contribution in [0.1, 0.15) is 0 Å². The molecule has 1 heterocycles. The topological polar surface area (TPSA) is 73.8 Å². The lowest BCUT2D eigenvalue weighted by Crippen LogP contribution is -2.48. The van der Waals surface area contributed by atoms with Crippen LogP contribution in [-0.2, 0) is 4.79 Å². The third-order valence-electron chi connectivity index (χ3n) is 3.09. The van der Waals surface area contributed by atoms with E-state index in [0.29, 0.717) is 5.75 Å². The van der Waals surface area contributed by atoms with Gasteiger partial charge in [0.15, 0.2) is 11.5 Å². The monoisotopic (exact) mass is 265 g/mol. The number of ether oxygens (including phenoxy) is 1. The number of amides is 1. The molecule has 1 fully saturated rings. The smallest absolute Gasteiger partial charge is 0.241 e. The van der Waals surface area contributed by atoms with Gasteiger partial charge in [0.25, 0.3) is 0 Å². The number of carbonyl (C=O) groups is 1. The van der Waals surface area contributed by atoms with Crippen LogP contribution in [0.5, 0.6) is 11.5 Å². The second kappa shape index (κ2) is 6.29. The number of nitrogens with one attached hydrogen (secondary N) is 2. The lowest BCUT2D eigenvalue weighted by molar-refractivity contribution is -0.129. The van der Waals surface area contributed by atoms with E-state index < -0.39 is 0 Å². The van der Waals surface area contributed by atoms with Gasteiger partial charge >= 0.3 is 0 Å². The van der Waals surface area contributed by atoms with Gasteiger partial charge in [0.1, 0.15) is 0 Å². The molecule has 0 aromatic heterocycles. The molecule has 0 bridgehead atoms. The molecule has 6 nitrogen and oxygen atoms in total. The Morgan fingerprint density at radius 3 is 2.89 bits per heavy atom. The number of benzene rings is 1. The number of phenols is 1. The molecule has 1 aromatic rings. The Balaban J connectivity index is 1.89. The van der Waals surface area contributed by atoms with Crippen molar-refractivity contribution in [3.05, 3.63) is 18.2 Å². The number of carbonyl (C=O) groups excluding carboxylic acids is 1. The summed E-state index contributed by atoms with van der Waals surface area (Å²) in [7, 11) is 1.49. The van der Waals surface area contributed by atoms with Crippen LogP contribution < -0.4 is 15.4 Å². The van der Waals surface area contributed by atoms with Crippen molar-refractivity contribution in [1.82, 2.24) is 10.2 Å². The maximum absolute atomic E-state index is 11.9. The highest BCUT2D eigenvalue weighted by atomic mass is 16.5. The number of piperazine rings is 1. The van der Waals surface area contributed by atoms with Crippen molar-refractivity contribution < 1.29 is 14.6 Å². The van der Waals surface area contributed by atoms with Crippen LogP contribution in [0.15, 0.2) is 18.2 Å². The molecule has 1 aliphatic heterocycles. The minimum atomic E-state index is 0.0774. The molecule has 0 aliphatic carbocycles. The number of aromatic hydroxyl groups is 1. The van der Waals surface area contributed by atoms with Crippen LogP contribution >= 0.6 is 0 Å². The number of nitrogens with zero attached hydrogens (tertiary/aromatic N) is 1. The Bertz CT molecular complexity index is 445. The predicted molar refractivity (Wildman–Crippen MR) is 72.6 cm³/mol. The van der Waals surface area contributed by atoms with Gasteiger partial charge in [-0.3, -0.25) is 4.79 Å². The molecule has 19 heavy (non-hydrogen) atoms. The van der Waals surface area contributed by atoms with E-state index in [1.807, 2.05) is 4.90 Å². The number of hydrogen-bond acceptors (Lipinski definition) is 5. The van der Waals surface area contributed by atoms with Crippen molar-refractivity contribution in [3.8, 4) is 11.5 Å². The van der Waals surface area contributed by atoms with Crippen LogP contribution in [0.25, 0.3) is 0 Å². The molecule has 0 spiro atoms. The van der Waals surface area contributed by atoms with Gasteiger partial charge in [0.05, 0.1) is 13.7 Å². The Morgan fingerprint density at radius 1 is 1.47 bits per heavy atom. The lowest BCUT2D eigenvalue weighted by atomic mass is 10.2. The summed E-state index contributed by atoms with van der Waals surface area (Å²) in [6.07, 6.45) is 0. The largest absolute Gasteiger partial charge is 0.504 e. The van der Waals surface area contributed by atoms with Crippen LogP contribution in [0.3, 0.4) is 0 Å². The molecular formula is C13H19N3O3. The first-order valence-corrected chi connectivity index (χ1v) is 6.30. The van der Waals surface area contributed by atoms with Crippen LogP contribution in [0.2, 0.25) is 0 Å². The third kappa shape index (κ3) is 3.51. The molecule has 6 heteroatoms. The quantitative estimate of drug-likeness (QED) is 0.680. The fourth-order valence-corrected chi connectivity index (χ4v) is 1.99. The van der Waals surface area contributed by atoms with Gasteiger partial charge in [-0.25, -0.2) is 0 Å². The van der Waals surface area contributed by atoms with Crippen LogP contribution in [0, 0.1) is 0 Å². The van der Waals surface area contributed by atoms with Gasteiger partial charge in [0, 0.05) is 37.9 Å². The van der Waals surface area contributed by atoms with Crippen LogP contribution in [0.4, 0.5) is 5.69 Å². The van der Waals surface area contributed by atoms with Gasteiger partial charge in [-0.1, -0.05) is 0 Å². The number of rotatable bonds is 4. The van der Waals surface area contributed by atoms with Crippen LogP contribution in [-0.4, -0.2) is 55.7 Å². The highest BCUT2D eigenvalue weighted by Crippen LogP contribution is 2.28. The zero-order valence-electron chi connectivity index (χ0n) is 11.0. The van der Waals surface area contributed by atoms with Crippen molar-refractivity contribution in [2.45, 2.75) is 0 Å². The van der Waals surface area contributed by atoms with E-state index in [2.05, 4.69) is 10.6 Å². The van der Waals surface area contributed by atoms with Gasteiger partial charge in [-0.15, -0.1) is 0 Å². The Morgan fingerprint density at radius 2 is 2.21 bits per heavy atom. The van der Waals surface area contributed by atoms with Gasteiger partial charge in [-0.2, -0.15) is 0 Å². The summed E-state index contributed by atoms with van der Waals surface area (Å²) in [5.74, 6) is 0.551. The summed E-state index contributed by atoms with van der Waals surface area (Å²) in [4.78, 5) is 13.8. The number of methoxy groups -OCH3 is 1. The molecule has 0 unspecified atom stereocenters. The van der Waals surface area contributed by atoms with Crippen molar-refractivity contribution in [1.29, 1.82) is 0 Å². The first kappa shape index (κ1) is 13.5. The Labute approximate surface area is 112 Å². The summed E-state index contributed by atoms with van der Waals surface area (Å²) < 4.78 is 5.02. The zero-order valence-corrected chi connectivity index (χ0v) is 11.0. The molecule has 1 aromatic carbocycles. The van der Waals surface area contributed by atoms with Crippen molar-refractivity contribution in [2.24, 2.45) is 0 Å². The second-order valence-corrected chi connectivity index (χ2v) is 4.37. The van der Waals surface area contributed by atoms with E-state index >= 15 is 0 Å². The Kier molecular flexibility index (Phi) is 4.46. The Hall–Kier alpha value is -1.95. The fourth-order valence-electron chi connectivity index (χ4n) is 1.99. The van der Waals surface area contributed by atoms with Crippen molar-refractivity contribution >= 4 is 11.6 Å². The molecule has 0 saturated carbocycles. The molecule has 104 valence electrons. The molecule has 3 N–H and O–H groups in total. The van der Waals surface area contributed by atoms with Crippen molar-refractivity contribution in [2.75, 3.05) is 45.2 Å². The first-order valence-electron chi connectivity index (χ1n) is 6.30.